The first-order valence-corrected chi connectivity index (χ1v) is 6.67. The second-order valence-electron chi connectivity index (χ2n) is 3.84. The quantitative estimate of drug-likeness (QED) is 0.665. The van der Waals surface area contributed by atoms with Gasteiger partial charge in [-0.3, -0.25) is 0 Å². The summed E-state index contributed by atoms with van der Waals surface area (Å²) in [6.45, 7) is 7.50. The summed E-state index contributed by atoms with van der Waals surface area (Å²) in [5, 5.41) is 0. The molecule has 0 aromatic rings. The van der Waals surface area contributed by atoms with Crippen LogP contribution in [0.25, 0.3) is 0 Å². The molecule has 0 radical (unpaired) electrons. The molecule has 13 heavy (non-hydrogen) atoms. The molecular weight excluding hydrogens is 186 g/mol. The largest absolute Gasteiger partial charge is 0.213 e. The Bertz CT molecular complexity index is 222. The van der Waals surface area contributed by atoms with Gasteiger partial charge in [0.05, 0.1) is 6.26 Å². The van der Waals surface area contributed by atoms with Crippen LogP contribution in [0.15, 0.2) is 0 Å². The van der Waals surface area contributed by atoms with Gasteiger partial charge in [0.25, 0.3) is 0 Å². The van der Waals surface area contributed by atoms with Gasteiger partial charge in [-0.15, -0.1) is 0 Å². The zero-order valence-electron chi connectivity index (χ0n) is 9.08. The molecule has 0 aliphatic rings. The van der Waals surface area contributed by atoms with Crippen molar-refractivity contribution >= 4 is 10.0 Å². The van der Waals surface area contributed by atoms with Crippen molar-refractivity contribution in [1.29, 1.82) is 0 Å². The number of rotatable bonds is 6. The number of nitrogens with zero attached hydrogens (tertiary/aromatic N) is 1. The Balaban J connectivity index is 4.12. The van der Waals surface area contributed by atoms with E-state index in [-0.39, 0.29) is 0 Å². The average molecular weight is 207 g/mol. The van der Waals surface area contributed by atoms with Gasteiger partial charge in [-0.05, 0) is 18.8 Å². The van der Waals surface area contributed by atoms with Crippen molar-refractivity contribution in [3.63, 3.8) is 0 Å². The molecule has 0 atom stereocenters. The van der Waals surface area contributed by atoms with Crippen molar-refractivity contribution in [3.8, 4) is 0 Å². The highest BCUT2D eigenvalue weighted by atomic mass is 32.2. The maximum absolute atomic E-state index is 11.3. The SMILES string of the molecule is CCCN(CCC(C)C)S(C)(=O)=O. The summed E-state index contributed by atoms with van der Waals surface area (Å²) in [5.41, 5.74) is 0. The Morgan fingerprint density at radius 1 is 1.23 bits per heavy atom. The van der Waals surface area contributed by atoms with Gasteiger partial charge < -0.3 is 0 Å². The van der Waals surface area contributed by atoms with Crippen molar-refractivity contribution in [2.45, 2.75) is 33.6 Å². The second-order valence-corrected chi connectivity index (χ2v) is 5.83. The first-order valence-electron chi connectivity index (χ1n) is 4.83. The highest BCUT2D eigenvalue weighted by Crippen LogP contribution is 2.06. The lowest BCUT2D eigenvalue weighted by atomic mass is 10.1. The highest BCUT2D eigenvalue weighted by Gasteiger charge is 2.14. The topological polar surface area (TPSA) is 37.4 Å². The van der Waals surface area contributed by atoms with Crippen LogP contribution in [0.5, 0.6) is 0 Å². The van der Waals surface area contributed by atoms with Gasteiger partial charge in [0.2, 0.25) is 10.0 Å². The van der Waals surface area contributed by atoms with Gasteiger partial charge in [-0.25, -0.2) is 12.7 Å². The van der Waals surface area contributed by atoms with E-state index in [1.54, 1.807) is 4.31 Å². The van der Waals surface area contributed by atoms with Gasteiger partial charge in [-0.1, -0.05) is 20.8 Å². The summed E-state index contributed by atoms with van der Waals surface area (Å²) in [6.07, 6.45) is 3.10. The Morgan fingerprint density at radius 3 is 2.08 bits per heavy atom. The molecule has 0 bridgehead atoms. The Kier molecular flexibility index (Phi) is 5.56. The molecular formula is C9H21NO2S. The normalized spacial score (nSPS) is 12.8. The maximum Gasteiger partial charge on any atom is 0.211 e. The summed E-state index contributed by atoms with van der Waals surface area (Å²) < 4.78 is 24.1. The zero-order chi connectivity index (χ0) is 10.5. The lowest BCUT2D eigenvalue weighted by molar-refractivity contribution is 0.382. The number of sulfonamides is 1. The van der Waals surface area contributed by atoms with Gasteiger partial charge in [0.15, 0.2) is 0 Å². The van der Waals surface area contributed by atoms with E-state index in [0.29, 0.717) is 19.0 Å². The van der Waals surface area contributed by atoms with Crippen molar-refractivity contribution in [3.05, 3.63) is 0 Å². The number of hydrogen-bond acceptors (Lipinski definition) is 2. The third kappa shape index (κ3) is 6.05. The molecule has 0 aliphatic carbocycles. The maximum atomic E-state index is 11.3. The minimum Gasteiger partial charge on any atom is -0.213 e. The Hall–Kier alpha value is -0.0900. The van der Waals surface area contributed by atoms with Gasteiger partial charge in [0.1, 0.15) is 0 Å². The molecule has 0 heterocycles. The lowest BCUT2D eigenvalue weighted by Crippen LogP contribution is -2.32. The van der Waals surface area contributed by atoms with Crippen LogP contribution in [-0.2, 0) is 10.0 Å². The molecule has 0 unspecified atom stereocenters. The summed E-state index contributed by atoms with van der Waals surface area (Å²) in [6, 6.07) is 0. The first kappa shape index (κ1) is 12.9. The molecule has 0 N–H and O–H groups in total. The number of hydrogen-bond donors (Lipinski definition) is 0. The molecule has 0 aromatic carbocycles. The van der Waals surface area contributed by atoms with E-state index in [9.17, 15) is 8.42 Å². The van der Waals surface area contributed by atoms with E-state index >= 15 is 0 Å². The molecule has 0 aromatic heterocycles. The monoisotopic (exact) mass is 207 g/mol. The fourth-order valence-electron chi connectivity index (χ4n) is 1.10. The summed E-state index contributed by atoms with van der Waals surface area (Å²) in [4.78, 5) is 0. The van der Waals surface area contributed by atoms with Crippen LogP contribution in [0.2, 0.25) is 0 Å². The van der Waals surface area contributed by atoms with Crippen LogP contribution in [0.3, 0.4) is 0 Å². The predicted molar refractivity (Wildman–Crippen MR) is 56.2 cm³/mol. The zero-order valence-corrected chi connectivity index (χ0v) is 9.89. The summed E-state index contributed by atoms with van der Waals surface area (Å²) >= 11 is 0. The van der Waals surface area contributed by atoms with Crippen LogP contribution in [0.4, 0.5) is 0 Å². The predicted octanol–water partition coefficient (Wildman–Crippen LogP) is 1.70. The van der Waals surface area contributed by atoms with Crippen molar-refractivity contribution in [2.24, 2.45) is 5.92 Å². The third-order valence-electron chi connectivity index (χ3n) is 1.90. The summed E-state index contributed by atoms with van der Waals surface area (Å²) in [7, 11) is -2.99. The van der Waals surface area contributed by atoms with Crippen LogP contribution in [-0.4, -0.2) is 32.1 Å². The fraction of sp³-hybridized carbons (Fsp3) is 1.00. The standard InChI is InChI=1S/C9H21NO2S/c1-5-7-10(13(4,11)12)8-6-9(2)3/h9H,5-8H2,1-4H3. The molecule has 3 nitrogen and oxygen atoms in total. The molecule has 0 saturated heterocycles. The molecule has 4 heteroatoms. The van der Waals surface area contributed by atoms with Crippen molar-refractivity contribution in [2.75, 3.05) is 19.3 Å². The van der Waals surface area contributed by atoms with E-state index in [4.69, 9.17) is 0 Å². The molecule has 0 saturated carbocycles. The molecule has 0 fully saturated rings. The smallest absolute Gasteiger partial charge is 0.211 e. The first-order chi connectivity index (χ1) is 5.88. The van der Waals surface area contributed by atoms with Gasteiger partial charge in [0, 0.05) is 13.1 Å². The van der Waals surface area contributed by atoms with Gasteiger partial charge >= 0.3 is 0 Å². The van der Waals surface area contributed by atoms with Gasteiger partial charge in [-0.2, -0.15) is 0 Å². The lowest BCUT2D eigenvalue weighted by Gasteiger charge is -2.19. The van der Waals surface area contributed by atoms with E-state index in [2.05, 4.69) is 13.8 Å². The molecule has 0 amide bonds. The third-order valence-corrected chi connectivity index (χ3v) is 3.20. The Morgan fingerprint density at radius 2 is 1.77 bits per heavy atom. The average Bonchev–Trinajstić information content (AvgIpc) is 1.95. The molecule has 0 spiro atoms. The van der Waals surface area contributed by atoms with E-state index < -0.39 is 10.0 Å². The fourth-order valence-corrected chi connectivity index (χ4v) is 2.05. The van der Waals surface area contributed by atoms with Crippen LogP contribution in [0.1, 0.15) is 33.6 Å². The van der Waals surface area contributed by atoms with Crippen LogP contribution >= 0.6 is 0 Å². The summed E-state index contributed by atoms with van der Waals surface area (Å²) in [5.74, 6) is 0.557. The van der Waals surface area contributed by atoms with Crippen LogP contribution in [0, 0.1) is 5.92 Å². The highest BCUT2D eigenvalue weighted by molar-refractivity contribution is 7.88. The van der Waals surface area contributed by atoms with E-state index in [1.807, 2.05) is 6.92 Å². The molecule has 0 rings (SSSR count). The molecule has 80 valence electrons. The minimum absolute atomic E-state index is 0.557. The van der Waals surface area contributed by atoms with E-state index in [0.717, 1.165) is 12.8 Å². The Labute approximate surface area is 82.2 Å². The molecule has 0 aliphatic heterocycles. The second kappa shape index (κ2) is 5.60. The van der Waals surface area contributed by atoms with Crippen molar-refractivity contribution < 1.29 is 8.42 Å². The minimum atomic E-state index is -2.99. The van der Waals surface area contributed by atoms with E-state index in [1.165, 1.54) is 6.26 Å². The van der Waals surface area contributed by atoms with Crippen LogP contribution < -0.4 is 0 Å². The van der Waals surface area contributed by atoms with Crippen molar-refractivity contribution in [1.82, 2.24) is 4.31 Å².